The van der Waals surface area contributed by atoms with Gasteiger partial charge >= 0.3 is 5.97 Å². The van der Waals surface area contributed by atoms with E-state index in [1.807, 2.05) is 13.8 Å². The molecule has 0 aromatic heterocycles. The zero-order chi connectivity index (χ0) is 11.3. The van der Waals surface area contributed by atoms with Crippen LogP contribution in [0.1, 0.15) is 40.5 Å². The van der Waals surface area contributed by atoms with Crippen molar-refractivity contribution in [2.45, 2.75) is 51.0 Å². The van der Waals surface area contributed by atoms with Crippen LogP contribution >= 0.6 is 0 Å². The molecule has 84 valence electrons. The minimum atomic E-state index is -1.26. The van der Waals surface area contributed by atoms with Gasteiger partial charge in [0, 0.05) is 16.0 Å². The minimum absolute atomic E-state index is 0.0245. The Balaban J connectivity index is 4.52. The molecule has 0 aromatic carbocycles. The first-order chi connectivity index (χ1) is 6.41. The number of hydrogen-bond donors (Lipinski definition) is 1. The summed E-state index contributed by atoms with van der Waals surface area (Å²) in [4.78, 5) is 10.9. The molecule has 0 aliphatic rings. The van der Waals surface area contributed by atoms with Gasteiger partial charge in [-0.15, -0.1) is 0 Å². The summed E-state index contributed by atoms with van der Waals surface area (Å²) in [5.74, 6) is -1.02. The van der Waals surface area contributed by atoms with E-state index < -0.39 is 22.0 Å². The minimum Gasteiger partial charge on any atom is -0.480 e. The van der Waals surface area contributed by atoms with Crippen molar-refractivity contribution in [3.8, 4) is 0 Å². The molecular weight excluding hydrogens is 200 g/mol. The fourth-order valence-corrected chi connectivity index (χ4v) is 3.13. The van der Waals surface area contributed by atoms with Gasteiger partial charge in [0.1, 0.15) is 5.25 Å². The maximum absolute atomic E-state index is 11.8. The quantitative estimate of drug-likeness (QED) is 0.745. The summed E-state index contributed by atoms with van der Waals surface area (Å²) in [6.07, 6.45) is 1.76. The van der Waals surface area contributed by atoms with Crippen molar-refractivity contribution in [1.82, 2.24) is 0 Å². The summed E-state index contributed by atoms with van der Waals surface area (Å²) in [7, 11) is -1.26. The molecule has 3 nitrogen and oxygen atoms in total. The van der Waals surface area contributed by atoms with Crippen LogP contribution in [-0.4, -0.2) is 25.8 Å². The maximum Gasteiger partial charge on any atom is 0.319 e. The van der Waals surface area contributed by atoms with Crippen LogP contribution in [0.15, 0.2) is 0 Å². The number of rotatable bonds is 6. The van der Waals surface area contributed by atoms with Crippen molar-refractivity contribution in [3.63, 3.8) is 0 Å². The Bertz CT molecular complexity index is 213. The molecule has 4 heteroatoms. The molecule has 3 unspecified atom stereocenters. The summed E-state index contributed by atoms with van der Waals surface area (Å²) < 4.78 is 11.8. The maximum atomic E-state index is 11.8. The lowest BCUT2D eigenvalue weighted by Gasteiger charge is -2.19. The molecular formula is C10H20O3S. The summed E-state index contributed by atoms with van der Waals surface area (Å²) in [6, 6.07) is 0. The summed E-state index contributed by atoms with van der Waals surface area (Å²) >= 11 is 0. The van der Waals surface area contributed by atoms with E-state index >= 15 is 0 Å². The summed E-state index contributed by atoms with van der Waals surface area (Å²) in [5.41, 5.74) is 0. The Hall–Kier alpha value is -0.380. The lowest BCUT2D eigenvalue weighted by molar-refractivity contribution is -0.137. The molecule has 0 bridgehead atoms. The highest BCUT2D eigenvalue weighted by Gasteiger charge is 2.30. The van der Waals surface area contributed by atoms with Crippen molar-refractivity contribution >= 4 is 16.8 Å². The normalized spacial score (nSPS) is 17.8. The molecule has 0 fully saturated rings. The van der Waals surface area contributed by atoms with Gasteiger partial charge in [0.15, 0.2) is 0 Å². The van der Waals surface area contributed by atoms with E-state index in [0.29, 0.717) is 0 Å². The molecule has 3 atom stereocenters. The van der Waals surface area contributed by atoms with E-state index in [1.54, 1.807) is 13.8 Å². The summed E-state index contributed by atoms with van der Waals surface area (Å²) in [5, 5.41) is 8.19. The average Bonchev–Trinajstić information content (AvgIpc) is 2.03. The highest BCUT2D eigenvalue weighted by molar-refractivity contribution is 7.87. The van der Waals surface area contributed by atoms with E-state index in [2.05, 4.69) is 0 Å². The number of carboxylic acid groups (broad SMARTS) is 1. The van der Waals surface area contributed by atoms with Gasteiger partial charge in [-0.1, -0.05) is 34.1 Å². The van der Waals surface area contributed by atoms with Gasteiger partial charge in [0.2, 0.25) is 0 Å². The topological polar surface area (TPSA) is 54.4 Å². The molecule has 0 spiro atoms. The third-order valence-electron chi connectivity index (χ3n) is 2.19. The van der Waals surface area contributed by atoms with Crippen LogP contribution < -0.4 is 0 Å². The van der Waals surface area contributed by atoms with Gasteiger partial charge in [0.05, 0.1) is 0 Å². The number of hydrogen-bond acceptors (Lipinski definition) is 2. The predicted molar refractivity (Wildman–Crippen MR) is 58.8 cm³/mol. The van der Waals surface area contributed by atoms with Crippen LogP contribution in [-0.2, 0) is 15.6 Å². The van der Waals surface area contributed by atoms with Gasteiger partial charge in [0.25, 0.3) is 0 Å². The Kier molecular flexibility index (Phi) is 6.00. The summed E-state index contributed by atoms with van der Waals surface area (Å²) in [6.45, 7) is 7.47. The molecule has 0 rings (SSSR count). The number of carboxylic acids is 1. The second-order valence-electron chi connectivity index (χ2n) is 3.93. The second kappa shape index (κ2) is 6.17. The van der Waals surface area contributed by atoms with Gasteiger partial charge in [-0.05, 0) is 12.3 Å². The van der Waals surface area contributed by atoms with E-state index in [-0.39, 0.29) is 11.2 Å². The van der Waals surface area contributed by atoms with Gasteiger partial charge in [-0.2, -0.15) is 0 Å². The van der Waals surface area contributed by atoms with E-state index in [1.165, 1.54) is 0 Å². The molecule has 0 amide bonds. The van der Waals surface area contributed by atoms with Crippen LogP contribution in [0.5, 0.6) is 0 Å². The molecule has 0 heterocycles. The zero-order valence-electron chi connectivity index (χ0n) is 9.32. The molecule has 0 saturated heterocycles. The molecule has 14 heavy (non-hydrogen) atoms. The van der Waals surface area contributed by atoms with Crippen molar-refractivity contribution in [2.24, 2.45) is 5.92 Å². The monoisotopic (exact) mass is 220 g/mol. The molecule has 0 radical (unpaired) electrons. The molecule has 0 aromatic rings. The lowest BCUT2D eigenvalue weighted by atomic mass is 10.1. The molecule has 0 aliphatic heterocycles. The van der Waals surface area contributed by atoms with Crippen LogP contribution in [0.4, 0.5) is 0 Å². The first kappa shape index (κ1) is 13.6. The van der Waals surface area contributed by atoms with Crippen LogP contribution in [0.25, 0.3) is 0 Å². The van der Waals surface area contributed by atoms with Gasteiger partial charge in [-0.25, -0.2) is 0 Å². The van der Waals surface area contributed by atoms with Crippen molar-refractivity contribution in [1.29, 1.82) is 0 Å². The largest absolute Gasteiger partial charge is 0.480 e. The molecule has 0 aliphatic carbocycles. The highest BCUT2D eigenvalue weighted by atomic mass is 32.2. The van der Waals surface area contributed by atoms with Crippen LogP contribution in [0, 0.1) is 5.92 Å². The van der Waals surface area contributed by atoms with Crippen LogP contribution in [0.3, 0.4) is 0 Å². The average molecular weight is 220 g/mol. The SMILES string of the molecule is CCCC(C)S(=O)C(C(=O)O)C(C)C. The highest BCUT2D eigenvalue weighted by Crippen LogP contribution is 2.16. The third kappa shape index (κ3) is 3.78. The standard InChI is InChI=1S/C10H20O3S/c1-5-6-8(4)14(13)9(7(2)3)10(11)12/h7-9H,5-6H2,1-4H3,(H,11,12). The smallest absolute Gasteiger partial charge is 0.319 e. The molecule has 0 saturated carbocycles. The first-order valence-corrected chi connectivity index (χ1v) is 6.31. The van der Waals surface area contributed by atoms with Gasteiger partial charge in [-0.3, -0.25) is 9.00 Å². The Labute approximate surface area is 88.4 Å². The fraction of sp³-hybridized carbons (Fsp3) is 0.900. The zero-order valence-corrected chi connectivity index (χ0v) is 10.1. The van der Waals surface area contributed by atoms with Crippen LogP contribution in [0.2, 0.25) is 0 Å². The van der Waals surface area contributed by atoms with Crippen molar-refractivity contribution in [2.75, 3.05) is 0 Å². The Morgan fingerprint density at radius 3 is 2.14 bits per heavy atom. The van der Waals surface area contributed by atoms with E-state index in [0.717, 1.165) is 12.8 Å². The van der Waals surface area contributed by atoms with E-state index in [4.69, 9.17) is 5.11 Å². The predicted octanol–water partition coefficient (Wildman–Crippen LogP) is 2.03. The Morgan fingerprint density at radius 2 is 1.86 bits per heavy atom. The Morgan fingerprint density at radius 1 is 1.36 bits per heavy atom. The van der Waals surface area contributed by atoms with E-state index in [9.17, 15) is 9.00 Å². The first-order valence-electron chi connectivity index (χ1n) is 5.04. The van der Waals surface area contributed by atoms with Crippen molar-refractivity contribution < 1.29 is 14.1 Å². The second-order valence-corrected chi connectivity index (χ2v) is 5.90. The fourth-order valence-electron chi connectivity index (χ4n) is 1.43. The lowest BCUT2D eigenvalue weighted by Crippen LogP contribution is -2.35. The van der Waals surface area contributed by atoms with Gasteiger partial charge < -0.3 is 5.11 Å². The number of aliphatic carboxylic acids is 1. The molecule has 1 N–H and O–H groups in total. The third-order valence-corrected chi connectivity index (χ3v) is 4.47. The number of carbonyl (C=O) groups is 1. The van der Waals surface area contributed by atoms with Crippen molar-refractivity contribution in [3.05, 3.63) is 0 Å².